The number of amides is 2. The van der Waals surface area contributed by atoms with E-state index in [0.717, 1.165) is 33.8 Å². The summed E-state index contributed by atoms with van der Waals surface area (Å²) in [5, 5.41) is 0.681. The van der Waals surface area contributed by atoms with Gasteiger partial charge in [0.1, 0.15) is 11.5 Å². The van der Waals surface area contributed by atoms with Crippen LogP contribution in [0.25, 0.3) is 5.57 Å². The second-order valence-electron chi connectivity index (χ2n) is 9.39. The van der Waals surface area contributed by atoms with Crippen molar-refractivity contribution in [2.24, 2.45) is 23.7 Å². The molecule has 1 heterocycles. The Kier molecular flexibility index (Phi) is 5.85. The topological polar surface area (TPSA) is 55.8 Å². The lowest BCUT2D eigenvalue weighted by Crippen LogP contribution is -2.33. The number of allylic oxidation sites excluding steroid dienone is 3. The largest absolute Gasteiger partial charge is 0.497 e. The van der Waals surface area contributed by atoms with Gasteiger partial charge < -0.3 is 9.47 Å². The normalized spacial score (nSPS) is 23.6. The smallest absolute Gasteiger partial charge is 0.238 e. The van der Waals surface area contributed by atoms with Crippen LogP contribution in [0.5, 0.6) is 11.5 Å². The molecule has 3 aliphatic rings. The fraction of sp³-hybridized carbons (Fsp3) is 0.200. The third-order valence-corrected chi connectivity index (χ3v) is 8.36. The number of imide groups is 1. The number of hydrogen-bond donors (Lipinski definition) is 0. The van der Waals surface area contributed by atoms with E-state index in [-0.39, 0.29) is 23.7 Å². The third-order valence-electron chi connectivity index (χ3n) is 7.62. The lowest BCUT2D eigenvalue weighted by molar-refractivity contribution is -0.122. The van der Waals surface area contributed by atoms with Crippen molar-refractivity contribution in [3.63, 3.8) is 0 Å². The number of carbonyl (C=O) groups excluding carboxylic acids is 2. The fourth-order valence-electron chi connectivity index (χ4n) is 5.99. The summed E-state index contributed by atoms with van der Waals surface area (Å²) in [7, 11) is 3.27. The Morgan fingerprint density at radius 2 is 1.19 bits per heavy atom. The number of methoxy groups -OCH3 is 2. The zero-order valence-corrected chi connectivity index (χ0v) is 21.7. The Labute approximate surface area is 224 Å². The number of anilines is 1. The van der Waals surface area contributed by atoms with Crippen LogP contribution in [0.1, 0.15) is 11.1 Å². The van der Waals surface area contributed by atoms with Gasteiger partial charge in [0.15, 0.2) is 0 Å². The number of hydrogen-bond acceptors (Lipinski definition) is 4. The van der Waals surface area contributed by atoms with Crippen molar-refractivity contribution < 1.29 is 19.1 Å². The van der Waals surface area contributed by atoms with Crippen molar-refractivity contribution in [1.82, 2.24) is 0 Å². The van der Waals surface area contributed by atoms with Crippen LogP contribution in [0.2, 0.25) is 10.0 Å². The molecular formula is C30H23Cl2NO4. The van der Waals surface area contributed by atoms with Crippen molar-refractivity contribution in [3.05, 3.63) is 106 Å². The Hall–Kier alpha value is -3.54. The second kappa shape index (κ2) is 9.09. The maximum Gasteiger partial charge on any atom is 0.238 e. The monoisotopic (exact) mass is 531 g/mol. The van der Waals surface area contributed by atoms with Crippen molar-refractivity contribution >= 4 is 46.3 Å². The number of fused-ring (bicyclic) bond motifs is 5. The first-order valence-corrected chi connectivity index (χ1v) is 12.7. The zero-order chi connectivity index (χ0) is 25.8. The Bertz CT molecular complexity index is 1390. The number of halogens is 2. The van der Waals surface area contributed by atoms with E-state index in [0.29, 0.717) is 15.7 Å². The van der Waals surface area contributed by atoms with E-state index >= 15 is 0 Å². The van der Waals surface area contributed by atoms with Crippen LogP contribution in [-0.2, 0) is 9.59 Å². The predicted octanol–water partition coefficient (Wildman–Crippen LogP) is 6.43. The lowest BCUT2D eigenvalue weighted by atomic mass is 9.85. The first-order chi connectivity index (χ1) is 17.9. The summed E-state index contributed by atoms with van der Waals surface area (Å²) in [4.78, 5) is 28.7. The minimum absolute atomic E-state index is 0.182. The number of nitrogens with zero attached hydrogens (tertiary/aromatic N) is 1. The van der Waals surface area contributed by atoms with Gasteiger partial charge in [-0.05, 0) is 64.7 Å². The number of ether oxygens (including phenoxy) is 2. The average molecular weight is 532 g/mol. The van der Waals surface area contributed by atoms with Crippen molar-refractivity contribution in [2.45, 2.75) is 0 Å². The molecule has 0 aromatic heterocycles. The predicted molar refractivity (Wildman–Crippen MR) is 144 cm³/mol. The molecule has 5 nitrogen and oxygen atoms in total. The second-order valence-corrected chi connectivity index (χ2v) is 10.2. The van der Waals surface area contributed by atoms with Gasteiger partial charge in [0.05, 0.1) is 41.8 Å². The van der Waals surface area contributed by atoms with E-state index in [9.17, 15) is 9.59 Å². The van der Waals surface area contributed by atoms with E-state index in [2.05, 4.69) is 12.2 Å². The molecule has 37 heavy (non-hydrogen) atoms. The molecule has 1 aliphatic heterocycles. The fourth-order valence-corrected chi connectivity index (χ4v) is 6.28. The molecule has 0 N–H and O–H groups in total. The molecule has 186 valence electrons. The molecule has 3 aromatic rings. The minimum Gasteiger partial charge on any atom is -0.497 e. The highest BCUT2D eigenvalue weighted by molar-refractivity contribution is 6.42. The first-order valence-electron chi connectivity index (χ1n) is 12.0. The van der Waals surface area contributed by atoms with E-state index in [4.69, 9.17) is 32.7 Å². The Morgan fingerprint density at radius 3 is 1.62 bits per heavy atom. The van der Waals surface area contributed by atoms with E-state index in [1.807, 2.05) is 48.5 Å². The summed E-state index contributed by atoms with van der Waals surface area (Å²) in [5.74, 6) is -0.170. The third kappa shape index (κ3) is 3.68. The highest BCUT2D eigenvalue weighted by atomic mass is 35.5. The molecule has 0 radical (unpaired) electrons. The van der Waals surface area contributed by atoms with E-state index in [1.54, 1.807) is 32.4 Å². The summed E-state index contributed by atoms with van der Waals surface area (Å²) < 4.78 is 10.7. The molecule has 7 heteroatoms. The quantitative estimate of drug-likeness (QED) is 0.281. The van der Waals surface area contributed by atoms with Crippen LogP contribution in [0.3, 0.4) is 0 Å². The van der Waals surface area contributed by atoms with Gasteiger partial charge in [-0.3, -0.25) is 9.59 Å². The van der Waals surface area contributed by atoms with Crippen LogP contribution < -0.4 is 14.4 Å². The minimum atomic E-state index is -0.460. The first kappa shape index (κ1) is 23.8. The van der Waals surface area contributed by atoms with Crippen LogP contribution in [0, 0.1) is 23.7 Å². The molecule has 0 unspecified atom stereocenters. The van der Waals surface area contributed by atoms with Gasteiger partial charge in [-0.2, -0.15) is 0 Å². The summed E-state index contributed by atoms with van der Waals surface area (Å²) in [6.45, 7) is 0. The van der Waals surface area contributed by atoms with Crippen LogP contribution >= 0.6 is 23.2 Å². The molecule has 1 saturated heterocycles. The van der Waals surface area contributed by atoms with E-state index in [1.165, 1.54) is 4.90 Å². The zero-order valence-electron chi connectivity index (χ0n) is 20.2. The van der Waals surface area contributed by atoms with Gasteiger partial charge >= 0.3 is 0 Å². The summed E-state index contributed by atoms with van der Waals surface area (Å²) in [5.41, 5.74) is 4.58. The molecular weight excluding hydrogens is 509 g/mol. The van der Waals surface area contributed by atoms with Crippen molar-refractivity contribution in [3.8, 4) is 11.5 Å². The highest BCUT2D eigenvalue weighted by Gasteiger charge is 2.62. The standard InChI is InChI=1S/C30H23Cl2NO4/c1-36-19-8-3-16(4-9-19)25(17-5-10-20(37-2)11-6-17)26-21-12-13-22(26)28-27(21)29(34)33(30(28)35)18-7-14-23(31)24(32)15-18/h3-15,21-22,27-28H,1-2H3/t21-,22-,27-,28-/m1/s1. The van der Waals surface area contributed by atoms with Crippen LogP contribution in [0.15, 0.2) is 84.5 Å². The summed E-state index contributed by atoms with van der Waals surface area (Å²) >= 11 is 12.3. The van der Waals surface area contributed by atoms with Crippen molar-refractivity contribution in [1.29, 1.82) is 0 Å². The van der Waals surface area contributed by atoms with E-state index < -0.39 is 11.8 Å². The number of rotatable bonds is 5. The molecule has 1 saturated carbocycles. The molecule has 6 rings (SSSR count). The molecule has 2 aliphatic carbocycles. The molecule has 2 bridgehead atoms. The lowest BCUT2D eigenvalue weighted by Gasteiger charge is -2.22. The van der Waals surface area contributed by atoms with Gasteiger partial charge in [-0.1, -0.05) is 59.6 Å². The molecule has 4 atom stereocenters. The van der Waals surface area contributed by atoms with Crippen molar-refractivity contribution in [2.75, 3.05) is 19.1 Å². The van der Waals surface area contributed by atoms with Gasteiger partial charge in [-0.25, -0.2) is 4.90 Å². The SMILES string of the molecule is COc1ccc(C(=C2[C@H]3C=C[C@H]2[C@H]2C(=O)N(c4ccc(Cl)c(Cl)c4)C(=O)[C@@H]23)c2ccc(OC)cc2)cc1. The summed E-state index contributed by atoms with van der Waals surface area (Å²) in [6, 6.07) is 20.6. The maximum absolute atomic E-state index is 13.7. The Morgan fingerprint density at radius 1 is 0.703 bits per heavy atom. The molecule has 2 fully saturated rings. The molecule has 3 aromatic carbocycles. The highest BCUT2D eigenvalue weighted by Crippen LogP contribution is 2.59. The van der Waals surface area contributed by atoms with Gasteiger partial charge in [0, 0.05) is 11.8 Å². The van der Waals surface area contributed by atoms with Gasteiger partial charge in [-0.15, -0.1) is 0 Å². The molecule has 0 spiro atoms. The average Bonchev–Trinajstić information content (AvgIpc) is 3.55. The maximum atomic E-state index is 13.7. The number of benzene rings is 3. The molecule has 2 amide bonds. The number of carbonyl (C=O) groups is 2. The van der Waals surface area contributed by atoms with Gasteiger partial charge in [0.25, 0.3) is 0 Å². The Balaban J connectivity index is 1.47. The van der Waals surface area contributed by atoms with Gasteiger partial charge in [0.2, 0.25) is 11.8 Å². The van der Waals surface area contributed by atoms with Crippen LogP contribution in [-0.4, -0.2) is 26.0 Å². The van der Waals surface area contributed by atoms with Crippen LogP contribution in [0.4, 0.5) is 5.69 Å². The summed E-state index contributed by atoms with van der Waals surface area (Å²) in [6.07, 6.45) is 4.16.